The Kier molecular flexibility index (Phi) is 6.65. The van der Waals surface area contributed by atoms with Crippen molar-refractivity contribution < 1.29 is 14.4 Å². The highest BCUT2D eigenvalue weighted by Crippen LogP contribution is 2.33. The standard InChI is InChI=1S/C25H27N3O3S/c1-17-5-7-19(8-6-17)15-26-23(29)16-28-24(30)22(32-25(28)31)14-20-9-10-21(13-18(20)2)27-11-3-4-12-27/h5-10,13-14H,3-4,11-12,15-16H2,1-2H3,(H,26,29)/b22-14-. The zero-order chi connectivity index (χ0) is 22.7. The molecule has 4 rings (SSSR count). The lowest BCUT2D eigenvalue weighted by atomic mass is 10.1. The van der Waals surface area contributed by atoms with Crippen LogP contribution in [0.1, 0.15) is 35.1 Å². The van der Waals surface area contributed by atoms with Gasteiger partial charge in [-0.25, -0.2) is 0 Å². The molecule has 32 heavy (non-hydrogen) atoms. The summed E-state index contributed by atoms with van der Waals surface area (Å²) in [6.45, 7) is 6.23. The molecule has 2 aliphatic rings. The van der Waals surface area contributed by atoms with Crippen molar-refractivity contribution in [3.63, 3.8) is 0 Å². The van der Waals surface area contributed by atoms with Crippen molar-refractivity contribution in [3.8, 4) is 0 Å². The summed E-state index contributed by atoms with van der Waals surface area (Å²) < 4.78 is 0. The van der Waals surface area contributed by atoms with Crippen molar-refractivity contribution in [1.29, 1.82) is 0 Å². The van der Waals surface area contributed by atoms with Crippen molar-refractivity contribution in [3.05, 3.63) is 69.6 Å². The monoisotopic (exact) mass is 449 g/mol. The van der Waals surface area contributed by atoms with Gasteiger partial charge in [0.05, 0.1) is 4.91 Å². The molecular weight excluding hydrogens is 422 g/mol. The van der Waals surface area contributed by atoms with Crippen molar-refractivity contribution in [1.82, 2.24) is 10.2 Å². The number of nitrogens with zero attached hydrogens (tertiary/aromatic N) is 2. The summed E-state index contributed by atoms with van der Waals surface area (Å²) in [6.07, 6.45) is 4.18. The Bertz CT molecular complexity index is 1070. The minimum atomic E-state index is -0.423. The predicted molar refractivity (Wildman–Crippen MR) is 128 cm³/mol. The number of hydrogen-bond donors (Lipinski definition) is 1. The van der Waals surface area contributed by atoms with Crippen LogP contribution in [0.3, 0.4) is 0 Å². The molecule has 2 aromatic rings. The van der Waals surface area contributed by atoms with Crippen LogP contribution in [-0.4, -0.2) is 41.6 Å². The number of nitrogens with one attached hydrogen (secondary N) is 1. The summed E-state index contributed by atoms with van der Waals surface area (Å²) >= 11 is 0.881. The smallest absolute Gasteiger partial charge is 0.294 e. The van der Waals surface area contributed by atoms with Gasteiger partial charge in [0.2, 0.25) is 5.91 Å². The molecule has 2 aromatic carbocycles. The number of carbonyl (C=O) groups is 3. The van der Waals surface area contributed by atoms with Gasteiger partial charge in [-0.3, -0.25) is 19.3 Å². The zero-order valence-corrected chi connectivity index (χ0v) is 19.2. The molecule has 0 spiro atoms. The number of imide groups is 1. The molecule has 0 unspecified atom stereocenters. The Hall–Kier alpha value is -3.06. The van der Waals surface area contributed by atoms with Crippen LogP contribution in [0.5, 0.6) is 0 Å². The van der Waals surface area contributed by atoms with Crippen LogP contribution >= 0.6 is 11.8 Å². The number of thioether (sulfide) groups is 1. The topological polar surface area (TPSA) is 69.7 Å². The van der Waals surface area contributed by atoms with E-state index in [0.29, 0.717) is 11.4 Å². The molecule has 0 bridgehead atoms. The minimum absolute atomic E-state index is 0.277. The van der Waals surface area contributed by atoms with E-state index in [1.807, 2.05) is 44.2 Å². The molecule has 7 heteroatoms. The van der Waals surface area contributed by atoms with Gasteiger partial charge in [0, 0.05) is 25.3 Å². The molecule has 0 atom stereocenters. The number of aryl methyl sites for hydroxylation is 2. The molecular formula is C25H27N3O3S. The molecule has 0 saturated carbocycles. The number of benzene rings is 2. The molecule has 1 N–H and O–H groups in total. The van der Waals surface area contributed by atoms with Crippen molar-refractivity contribution in [2.45, 2.75) is 33.2 Å². The largest absolute Gasteiger partial charge is 0.372 e. The first kappa shape index (κ1) is 22.1. The van der Waals surface area contributed by atoms with Crippen molar-refractivity contribution >= 4 is 40.6 Å². The van der Waals surface area contributed by atoms with Gasteiger partial charge in [0.15, 0.2) is 0 Å². The van der Waals surface area contributed by atoms with Crippen LogP contribution in [0.4, 0.5) is 10.5 Å². The van der Waals surface area contributed by atoms with Crippen LogP contribution in [0.15, 0.2) is 47.4 Å². The average molecular weight is 450 g/mol. The van der Waals surface area contributed by atoms with E-state index in [9.17, 15) is 14.4 Å². The van der Waals surface area contributed by atoms with E-state index < -0.39 is 11.1 Å². The highest BCUT2D eigenvalue weighted by Gasteiger charge is 2.36. The summed E-state index contributed by atoms with van der Waals surface area (Å²) in [4.78, 5) is 41.2. The van der Waals surface area contributed by atoms with Gasteiger partial charge in [0.25, 0.3) is 11.1 Å². The van der Waals surface area contributed by atoms with Gasteiger partial charge in [-0.1, -0.05) is 35.9 Å². The van der Waals surface area contributed by atoms with Gasteiger partial charge in [-0.05, 0) is 73.4 Å². The van der Waals surface area contributed by atoms with Crippen molar-refractivity contribution in [2.75, 3.05) is 24.5 Å². The second kappa shape index (κ2) is 9.61. The van der Waals surface area contributed by atoms with E-state index in [-0.39, 0.29) is 12.5 Å². The number of rotatable bonds is 6. The fourth-order valence-electron chi connectivity index (χ4n) is 3.88. The fraction of sp³-hybridized carbons (Fsp3) is 0.320. The lowest BCUT2D eigenvalue weighted by Gasteiger charge is -2.18. The van der Waals surface area contributed by atoms with E-state index in [0.717, 1.165) is 52.0 Å². The molecule has 2 fully saturated rings. The summed E-state index contributed by atoms with van der Waals surface area (Å²) in [7, 11) is 0. The summed E-state index contributed by atoms with van der Waals surface area (Å²) in [5.41, 5.74) is 5.26. The number of amides is 3. The van der Waals surface area contributed by atoms with E-state index in [1.165, 1.54) is 18.5 Å². The van der Waals surface area contributed by atoms with Gasteiger partial charge >= 0.3 is 0 Å². The van der Waals surface area contributed by atoms with E-state index in [4.69, 9.17) is 0 Å². The SMILES string of the molecule is Cc1ccc(CNC(=O)CN2C(=O)S/C(=C\c3ccc(N4CCCC4)cc3C)C2=O)cc1. The zero-order valence-electron chi connectivity index (χ0n) is 18.4. The number of carbonyl (C=O) groups excluding carboxylic acids is 3. The lowest BCUT2D eigenvalue weighted by molar-refractivity contribution is -0.129. The maximum Gasteiger partial charge on any atom is 0.294 e. The Morgan fingerprint density at radius 2 is 1.78 bits per heavy atom. The average Bonchev–Trinajstić information content (AvgIpc) is 3.40. The molecule has 0 radical (unpaired) electrons. The summed E-state index contributed by atoms with van der Waals surface area (Å²) in [5.74, 6) is -0.784. The van der Waals surface area contributed by atoms with Crippen LogP contribution in [-0.2, 0) is 16.1 Å². The van der Waals surface area contributed by atoms with E-state index in [1.54, 1.807) is 6.08 Å². The quantitative estimate of drug-likeness (QED) is 0.668. The first-order valence-electron chi connectivity index (χ1n) is 10.8. The minimum Gasteiger partial charge on any atom is -0.372 e. The van der Waals surface area contributed by atoms with Crippen LogP contribution in [0.25, 0.3) is 6.08 Å². The highest BCUT2D eigenvalue weighted by molar-refractivity contribution is 8.18. The van der Waals surface area contributed by atoms with Crippen molar-refractivity contribution in [2.24, 2.45) is 0 Å². The molecule has 166 valence electrons. The van der Waals surface area contributed by atoms with Gasteiger partial charge in [-0.15, -0.1) is 0 Å². The molecule has 3 amide bonds. The lowest BCUT2D eigenvalue weighted by Crippen LogP contribution is -2.39. The molecule has 2 heterocycles. The predicted octanol–water partition coefficient (Wildman–Crippen LogP) is 4.26. The third-order valence-corrected chi connectivity index (χ3v) is 6.70. The molecule has 6 nitrogen and oxygen atoms in total. The molecule has 0 aliphatic carbocycles. The Morgan fingerprint density at radius 3 is 2.47 bits per heavy atom. The number of hydrogen-bond acceptors (Lipinski definition) is 5. The maximum atomic E-state index is 12.8. The third kappa shape index (κ3) is 5.05. The first-order chi connectivity index (χ1) is 15.4. The normalized spacial score (nSPS) is 17.5. The molecule has 2 aliphatic heterocycles. The molecule has 2 saturated heterocycles. The first-order valence-corrected chi connectivity index (χ1v) is 11.7. The van der Waals surface area contributed by atoms with Gasteiger partial charge < -0.3 is 10.2 Å². The van der Waals surface area contributed by atoms with Gasteiger partial charge in [-0.2, -0.15) is 0 Å². The molecule has 0 aromatic heterocycles. The fourth-order valence-corrected chi connectivity index (χ4v) is 4.71. The second-order valence-corrected chi connectivity index (χ2v) is 9.26. The maximum absolute atomic E-state index is 12.8. The van der Waals surface area contributed by atoms with Gasteiger partial charge in [0.1, 0.15) is 6.54 Å². The Morgan fingerprint density at radius 1 is 1.06 bits per heavy atom. The van der Waals surface area contributed by atoms with Crippen LogP contribution < -0.4 is 10.2 Å². The second-order valence-electron chi connectivity index (χ2n) is 8.27. The van der Waals surface area contributed by atoms with E-state index >= 15 is 0 Å². The Balaban J connectivity index is 1.39. The third-order valence-electron chi connectivity index (χ3n) is 5.80. The number of anilines is 1. The summed E-state index contributed by atoms with van der Waals surface area (Å²) in [5, 5.41) is 2.36. The highest BCUT2D eigenvalue weighted by atomic mass is 32.2. The van der Waals surface area contributed by atoms with Crippen LogP contribution in [0, 0.1) is 13.8 Å². The van der Waals surface area contributed by atoms with E-state index in [2.05, 4.69) is 22.3 Å². The van der Waals surface area contributed by atoms with Crippen LogP contribution in [0.2, 0.25) is 0 Å². The Labute approximate surface area is 192 Å². The summed E-state index contributed by atoms with van der Waals surface area (Å²) in [6, 6.07) is 14.0.